The standard InChI is InChI=1S/C17H15Cl2FN2O3S/c18-14-5-4-12(26(24,25)22-7-1-2-8-22)10-13(14)17(23)21-16-6-3-11(20)9-15(16)19/h3-6,9-10H,1-2,7-8H2,(H,21,23). The van der Waals surface area contributed by atoms with Crippen molar-refractivity contribution in [3.05, 3.63) is 57.8 Å². The molecule has 2 aromatic carbocycles. The number of carbonyl (C=O) groups is 1. The van der Waals surface area contributed by atoms with Crippen molar-refractivity contribution in [1.29, 1.82) is 0 Å². The van der Waals surface area contributed by atoms with E-state index >= 15 is 0 Å². The number of nitrogens with zero attached hydrogens (tertiary/aromatic N) is 1. The molecule has 26 heavy (non-hydrogen) atoms. The Bertz CT molecular complexity index is 960. The molecule has 0 aliphatic carbocycles. The molecule has 138 valence electrons. The van der Waals surface area contributed by atoms with Crippen molar-refractivity contribution in [2.45, 2.75) is 17.7 Å². The van der Waals surface area contributed by atoms with Crippen LogP contribution in [-0.2, 0) is 10.0 Å². The van der Waals surface area contributed by atoms with Crippen molar-refractivity contribution < 1.29 is 17.6 Å². The molecule has 1 aliphatic rings. The van der Waals surface area contributed by atoms with Crippen molar-refractivity contribution in [3.63, 3.8) is 0 Å². The van der Waals surface area contributed by atoms with Crippen molar-refractivity contribution in [2.75, 3.05) is 18.4 Å². The number of hydrogen-bond donors (Lipinski definition) is 1. The summed E-state index contributed by atoms with van der Waals surface area (Å²) in [6, 6.07) is 7.50. The monoisotopic (exact) mass is 416 g/mol. The van der Waals surface area contributed by atoms with E-state index in [1.165, 1.54) is 28.6 Å². The molecule has 5 nitrogen and oxygen atoms in total. The Labute approximate surface area is 160 Å². The van der Waals surface area contributed by atoms with Crippen LogP contribution in [0, 0.1) is 5.82 Å². The average Bonchev–Trinajstić information content (AvgIpc) is 3.13. The summed E-state index contributed by atoms with van der Waals surface area (Å²) in [6.07, 6.45) is 1.62. The highest BCUT2D eigenvalue weighted by molar-refractivity contribution is 7.89. The summed E-state index contributed by atoms with van der Waals surface area (Å²) in [5, 5.41) is 2.63. The number of halogens is 3. The third-order valence-electron chi connectivity index (χ3n) is 4.06. The zero-order valence-electron chi connectivity index (χ0n) is 13.5. The summed E-state index contributed by atoms with van der Waals surface area (Å²) >= 11 is 12.0. The van der Waals surface area contributed by atoms with E-state index in [1.54, 1.807) is 0 Å². The molecule has 1 heterocycles. The van der Waals surface area contributed by atoms with Gasteiger partial charge in [0.05, 0.1) is 26.2 Å². The minimum absolute atomic E-state index is 0.000784. The largest absolute Gasteiger partial charge is 0.321 e. The summed E-state index contributed by atoms with van der Waals surface area (Å²) < 4.78 is 39.8. The van der Waals surface area contributed by atoms with E-state index in [2.05, 4.69) is 5.32 Å². The highest BCUT2D eigenvalue weighted by Crippen LogP contribution is 2.27. The Morgan fingerprint density at radius 1 is 1.04 bits per heavy atom. The van der Waals surface area contributed by atoms with Crippen molar-refractivity contribution >= 4 is 44.8 Å². The molecular formula is C17H15Cl2FN2O3S. The molecule has 1 N–H and O–H groups in total. The van der Waals surface area contributed by atoms with Gasteiger partial charge in [-0.2, -0.15) is 4.31 Å². The molecule has 0 saturated carbocycles. The van der Waals surface area contributed by atoms with E-state index in [4.69, 9.17) is 23.2 Å². The summed E-state index contributed by atoms with van der Waals surface area (Å²) in [6.45, 7) is 0.912. The topological polar surface area (TPSA) is 66.5 Å². The molecule has 1 saturated heterocycles. The molecule has 1 amide bonds. The molecule has 0 unspecified atom stereocenters. The van der Waals surface area contributed by atoms with Crippen LogP contribution < -0.4 is 5.32 Å². The molecule has 1 aliphatic heterocycles. The van der Waals surface area contributed by atoms with Crippen molar-refractivity contribution in [2.24, 2.45) is 0 Å². The van der Waals surface area contributed by atoms with E-state index in [9.17, 15) is 17.6 Å². The fourth-order valence-electron chi connectivity index (χ4n) is 2.70. The number of anilines is 1. The second-order valence-corrected chi connectivity index (χ2v) is 8.58. The van der Waals surface area contributed by atoms with E-state index in [0.29, 0.717) is 13.1 Å². The van der Waals surface area contributed by atoms with Crippen LogP contribution in [0.15, 0.2) is 41.3 Å². The fraction of sp³-hybridized carbons (Fsp3) is 0.235. The molecule has 0 atom stereocenters. The number of sulfonamides is 1. The van der Waals surface area contributed by atoms with E-state index < -0.39 is 21.7 Å². The zero-order chi connectivity index (χ0) is 18.9. The number of hydrogen-bond acceptors (Lipinski definition) is 3. The van der Waals surface area contributed by atoms with Gasteiger partial charge in [0, 0.05) is 13.1 Å². The molecule has 2 aromatic rings. The predicted molar refractivity (Wildman–Crippen MR) is 98.8 cm³/mol. The zero-order valence-corrected chi connectivity index (χ0v) is 15.8. The predicted octanol–water partition coefficient (Wildman–Crippen LogP) is 4.17. The number of benzene rings is 2. The lowest BCUT2D eigenvalue weighted by molar-refractivity contribution is 0.102. The molecule has 0 spiro atoms. The molecule has 0 aromatic heterocycles. The molecule has 0 radical (unpaired) electrons. The highest BCUT2D eigenvalue weighted by atomic mass is 35.5. The van der Waals surface area contributed by atoms with E-state index in [0.717, 1.165) is 25.0 Å². The van der Waals surface area contributed by atoms with Gasteiger partial charge in [-0.15, -0.1) is 0 Å². The minimum Gasteiger partial charge on any atom is -0.321 e. The summed E-state index contributed by atoms with van der Waals surface area (Å²) in [7, 11) is -3.68. The maximum Gasteiger partial charge on any atom is 0.257 e. The lowest BCUT2D eigenvalue weighted by atomic mass is 10.2. The van der Waals surface area contributed by atoms with Gasteiger partial charge in [0.15, 0.2) is 0 Å². The number of nitrogens with one attached hydrogen (secondary N) is 1. The lowest BCUT2D eigenvalue weighted by Crippen LogP contribution is -2.28. The van der Waals surface area contributed by atoms with Crippen LogP contribution in [0.4, 0.5) is 10.1 Å². The Morgan fingerprint density at radius 2 is 1.73 bits per heavy atom. The summed E-state index contributed by atoms with van der Waals surface area (Å²) in [5.41, 5.74) is 0.189. The first-order chi connectivity index (χ1) is 12.3. The number of rotatable bonds is 4. The molecule has 9 heteroatoms. The third kappa shape index (κ3) is 3.86. The third-order valence-corrected chi connectivity index (χ3v) is 6.60. The SMILES string of the molecule is O=C(Nc1ccc(F)cc1Cl)c1cc(S(=O)(=O)N2CCCC2)ccc1Cl. The summed E-state index contributed by atoms with van der Waals surface area (Å²) in [5.74, 6) is -1.17. The quantitative estimate of drug-likeness (QED) is 0.812. The molecule has 0 bridgehead atoms. The van der Waals surface area contributed by atoms with Gasteiger partial charge in [-0.3, -0.25) is 4.79 Å². The van der Waals surface area contributed by atoms with Gasteiger partial charge < -0.3 is 5.32 Å². The van der Waals surface area contributed by atoms with E-state index in [-0.39, 0.29) is 26.2 Å². The fourth-order valence-corrected chi connectivity index (χ4v) is 4.66. The Balaban J connectivity index is 1.91. The first kappa shape index (κ1) is 19.1. The normalized spacial score (nSPS) is 15.2. The minimum atomic E-state index is -3.68. The Morgan fingerprint density at radius 3 is 2.38 bits per heavy atom. The average molecular weight is 417 g/mol. The van der Waals surface area contributed by atoms with Crippen LogP contribution in [0.5, 0.6) is 0 Å². The van der Waals surface area contributed by atoms with Crippen LogP contribution in [0.1, 0.15) is 23.2 Å². The lowest BCUT2D eigenvalue weighted by Gasteiger charge is -2.16. The molecule has 3 rings (SSSR count). The maximum atomic E-state index is 13.1. The smallest absolute Gasteiger partial charge is 0.257 e. The van der Waals surface area contributed by atoms with Gasteiger partial charge in [-0.1, -0.05) is 23.2 Å². The van der Waals surface area contributed by atoms with Crippen LogP contribution in [0.3, 0.4) is 0 Å². The van der Waals surface area contributed by atoms with Crippen LogP contribution in [0.2, 0.25) is 10.0 Å². The maximum absolute atomic E-state index is 13.1. The van der Waals surface area contributed by atoms with Crippen LogP contribution >= 0.6 is 23.2 Å². The van der Waals surface area contributed by atoms with Gasteiger partial charge in [0.25, 0.3) is 5.91 Å². The van der Waals surface area contributed by atoms with Crippen molar-refractivity contribution in [3.8, 4) is 0 Å². The van der Waals surface area contributed by atoms with Gasteiger partial charge in [-0.25, -0.2) is 12.8 Å². The van der Waals surface area contributed by atoms with Gasteiger partial charge >= 0.3 is 0 Å². The van der Waals surface area contributed by atoms with Crippen molar-refractivity contribution in [1.82, 2.24) is 4.31 Å². The van der Waals surface area contributed by atoms with Crippen LogP contribution in [-0.4, -0.2) is 31.7 Å². The van der Waals surface area contributed by atoms with E-state index in [1.807, 2.05) is 0 Å². The number of carbonyl (C=O) groups excluding carboxylic acids is 1. The Hall–Kier alpha value is -1.67. The highest BCUT2D eigenvalue weighted by Gasteiger charge is 2.28. The second kappa shape index (κ2) is 7.52. The van der Waals surface area contributed by atoms with Gasteiger partial charge in [-0.05, 0) is 49.2 Å². The van der Waals surface area contributed by atoms with Gasteiger partial charge in [0.2, 0.25) is 10.0 Å². The first-order valence-corrected chi connectivity index (χ1v) is 10.0. The second-order valence-electron chi connectivity index (χ2n) is 5.83. The molecule has 1 fully saturated rings. The Kier molecular flexibility index (Phi) is 5.53. The van der Waals surface area contributed by atoms with Gasteiger partial charge in [0.1, 0.15) is 5.82 Å². The summed E-state index contributed by atoms with van der Waals surface area (Å²) in [4.78, 5) is 12.5. The number of amides is 1. The first-order valence-electron chi connectivity index (χ1n) is 7.85. The molecular weight excluding hydrogens is 402 g/mol. The van der Waals surface area contributed by atoms with Crippen LogP contribution in [0.25, 0.3) is 0 Å².